The van der Waals surface area contributed by atoms with Crippen LogP contribution in [0.2, 0.25) is 0 Å². The number of hydrogen-bond donors (Lipinski definition) is 1. The van der Waals surface area contributed by atoms with Crippen molar-refractivity contribution < 1.29 is 9.53 Å². The van der Waals surface area contributed by atoms with E-state index in [1.165, 1.54) is 0 Å². The third-order valence-electron chi connectivity index (χ3n) is 2.64. The van der Waals surface area contributed by atoms with Crippen LogP contribution < -0.4 is 5.32 Å². The molecule has 0 spiro atoms. The van der Waals surface area contributed by atoms with Gasteiger partial charge in [-0.25, -0.2) is 9.78 Å². The molecule has 0 aromatic carbocycles. The normalized spacial score (nSPS) is 11.1. The molecule has 0 aliphatic heterocycles. The van der Waals surface area contributed by atoms with Gasteiger partial charge < -0.3 is 10.1 Å². The van der Waals surface area contributed by atoms with Crippen LogP contribution in [-0.2, 0) is 4.74 Å². The highest BCUT2D eigenvalue weighted by atomic mass is 16.5. The van der Waals surface area contributed by atoms with Crippen LogP contribution in [0.4, 0.5) is 5.82 Å². The summed E-state index contributed by atoms with van der Waals surface area (Å²) < 4.78 is 5.00. The zero-order valence-corrected chi connectivity index (χ0v) is 10.9. The van der Waals surface area contributed by atoms with Crippen molar-refractivity contribution >= 4 is 11.8 Å². The fourth-order valence-electron chi connectivity index (χ4n) is 1.29. The van der Waals surface area contributed by atoms with Gasteiger partial charge in [-0.2, -0.15) is 0 Å². The van der Waals surface area contributed by atoms with Gasteiger partial charge >= 0.3 is 5.97 Å². The predicted molar refractivity (Wildman–Crippen MR) is 68.2 cm³/mol. The summed E-state index contributed by atoms with van der Waals surface area (Å²) in [6, 6.07) is 3.45. The highest BCUT2D eigenvalue weighted by Gasteiger charge is 2.20. The summed E-state index contributed by atoms with van der Waals surface area (Å²) in [5.41, 5.74) is 0.381. The van der Waals surface area contributed by atoms with E-state index in [0.717, 1.165) is 6.42 Å². The molecule has 1 rings (SSSR count). The molecule has 94 valence electrons. The van der Waals surface area contributed by atoms with E-state index >= 15 is 0 Å². The maximum atomic E-state index is 11.7. The molecule has 1 N–H and O–H groups in total. The molecular weight excluding hydrogens is 216 g/mol. The highest BCUT2D eigenvalue weighted by molar-refractivity contribution is 5.94. The average Bonchev–Trinajstić information content (AvgIpc) is 2.29. The lowest BCUT2D eigenvalue weighted by atomic mass is 10.0. The molecule has 0 radical (unpaired) electrons. The van der Waals surface area contributed by atoms with E-state index in [1.807, 2.05) is 0 Å². The molecule has 0 bridgehead atoms. The Hall–Kier alpha value is -1.58. The number of ether oxygens (including phenoxy) is 1. The van der Waals surface area contributed by atoms with Crippen LogP contribution in [0.5, 0.6) is 0 Å². The summed E-state index contributed by atoms with van der Waals surface area (Å²) in [4.78, 5) is 15.9. The topological polar surface area (TPSA) is 51.2 Å². The number of rotatable bonds is 5. The highest BCUT2D eigenvalue weighted by Crippen LogP contribution is 2.20. The third-order valence-corrected chi connectivity index (χ3v) is 2.64. The number of nitrogens with one attached hydrogen (secondary N) is 1. The van der Waals surface area contributed by atoms with Gasteiger partial charge in [0, 0.05) is 11.7 Å². The van der Waals surface area contributed by atoms with Gasteiger partial charge in [0.25, 0.3) is 0 Å². The van der Waals surface area contributed by atoms with Gasteiger partial charge in [-0.3, -0.25) is 0 Å². The monoisotopic (exact) mass is 236 g/mol. The third kappa shape index (κ3) is 3.73. The van der Waals surface area contributed by atoms with Crippen LogP contribution in [0, 0.1) is 0 Å². The van der Waals surface area contributed by atoms with Crippen LogP contribution in [0.25, 0.3) is 0 Å². The van der Waals surface area contributed by atoms with Gasteiger partial charge in [0.15, 0.2) is 0 Å². The summed E-state index contributed by atoms with van der Waals surface area (Å²) in [7, 11) is 0. The zero-order chi connectivity index (χ0) is 12.9. The fraction of sp³-hybridized carbons (Fsp3) is 0.538. The Morgan fingerprint density at radius 3 is 2.76 bits per heavy atom. The predicted octanol–water partition coefficient (Wildman–Crippen LogP) is 2.86. The zero-order valence-electron chi connectivity index (χ0n) is 10.9. The van der Waals surface area contributed by atoms with E-state index < -0.39 is 0 Å². The van der Waals surface area contributed by atoms with Crippen molar-refractivity contribution in [3.8, 4) is 0 Å². The lowest BCUT2D eigenvalue weighted by molar-refractivity contribution is 0.0527. The standard InChI is InChI=1S/C13H20N2O2/c1-5-13(3,4)15-11-10(8-7-9-14-11)12(16)17-6-2/h7-9H,5-6H2,1-4H3,(H,14,15). The Morgan fingerprint density at radius 1 is 1.47 bits per heavy atom. The molecule has 0 fully saturated rings. The molecule has 0 aliphatic carbocycles. The van der Waals surface area contributed by atoms with Gasteiger partial charge in [0.05, 0.1) is 6.61 Å². The SMILES string of the molecule is CCOC(=O)c1cccnc1NC(C)(C)CC. The van der Waals surface area contributed by atoms with Crippen LogP contribution in [0.1, 0.15) is 44.5 Å². The van der Waals surface area contributed by atoms with Crippen LogP contribution in [0.3, 0.4) is 0 Å². The van der Waals surface area contributed by atoms with Gasteiger partial charge in [-0.1, -0.05) is 6.92 Å². The summed E-state index contributed by atoms with van der Waals surface area (Å²) in [5, 5.41) is 3.26. The van der Waals surface area contributed by atoms with E-state index in [9.17, 15) is 4.79 Å². The Labute approximate surface area is 102 Å². The van der Waals surface area contributed by atoms with Crippen molar-refractivity contribution in [3.05, 3.63) is 23.9 Å². The Kier molecular flexibility index (Phi) is 4.49. The second-order valence-electron chi connectivity index (χ2n) is 4.48. The average molecular weight is 236 g/mol. The first-order valence-electron chi connectivity index (χ1n) is 5.90. The fourth-order valence-corrected chi connectivity index (χ4v) is 1.29. The lowest BCUT2D eigenvalue weighted by Crippen LogP contribution is -2.31. The molecule has 0 aliphatic rings. The molecule has 1 aromatic heterocycles. The molecule has 0 unspecified atom stereocenters. The van der Waals surface area contributed by atoms with Crippen LogP contribution in [0.15, 0.2) is 18.3 Å². The maximum Gasteiger partial charge on any atom is 0.341 e. The van der Waals surface area contributed by atoms with Gasteiger partial charge in [0.1, 0.15) is 11.4 Å². The second kappa shape index (κ2) is 5.66. The van der Waals surface area contributed by atoms with E-state index in [0.29, 0.717) is 18.0 Å². The first-order valence-corrected chi connectivity index (χ1v) is 5.90. The maximum absolute atomic E-state index is 11.7. The van der Waals surface area contributed by atoms with Crippen molar-refractivity contribution in [2.45, 2.75) is 39.7 Å². The van der Waals surface area contributed by atoms with Crippen LogP contribution in [-0.4, -0.2) is 23.1 Å². The number of esters is 1. The first kappa shape index (κ1) is 13.5. The number of pyridine rings is 1. The van der Waals surface area contributed by atoms with Crippen LogP contribution >= 0.6 is 0 Å². The molecule has 0 saturated carbocycles. The number of aromatic nitrogens is 1. The summed E-state index contributed by atoms with van der Waals surface area (Å²) in [6.07, 6.45) is 2.60. The molecule has 1 heterocycles. The molecule has 4 nitrogen and oxygen atoms in total. The van der Waals surface area contributed by atoms with Crippen molar-refractivity contribution in [2.75, 3.05) is 11.9 Å². The first-order chi connectivity index (χ1) is 8.00. The Bertz CT molecular complexity index is 389. The van der Waals surface area contributed by atoms with Crippen molar-refractivity contribution in [3.63, 3.8) is 0 Å². The molecule has 0 amide bonds. The molecule has 4 heteroatoms. The smallest absolute Gasteiger partial charge is 0.341 e. The number of carbonyl (C=O) groups is 1. The number of nitrogens with zero attached hydrogens (tertiary/aromatic N) is 1. The summed E-state index contributed by atoms with van der Waals surface area (Å²) in [5.74, 6) is 0.243. The quantitative estimate of drug-likeness (QED) is 0.799. The number of hydrogen-bond acceptors (Lipinski definition) is 4. The van der Waals surface area contributed by atoms with Crippen molar-refractivity contribution in [2.24, 2.45) is 0 Å². The minimum atomic E-state index is -0.338. The van der Waals surface area contributed by atoms with E-state index in [1.54, 1.807) is 25.3 Å². The van der Waals surface area contributed by atoms with Crippen molar-refractivity contribution in [1.82, 2.24) is 4.98 Å². The van der Waals surface area contributed by atoms with Gasteiger partial charge in [-0.15, -0.1) is 0 Å². The molecular formula is C13H20N2O2. The molecule has 0 saturated heterocycles. The van der Waals surface area contributed by atoms with Gasteiger partial charge in [-0.05, 0) is 39.3 Å². The second-order valence-corrected chi connectivity index (χ2v) is 4.48. The summed E-state index contributed by atoms with van der Waals surface area (Å²) >= 11 is 0. The Balaban J connectivity index is 2.96. The minimum Gasteiger partial charge on any atom is -0.462 e. The van der Waals surface area contributed by atoms with Crippen molar-refractivity contribution in [1.29, 1.82) is 0 Å². The van der Waals surface area contributed by atoms with E-state index in [2.05, 4.69) is 31.1 Å². The minimum absolute atomic E-state index is 0.102. The lowest BCUT2D eigenvalue weighted by Gasteiger charge is -2.26. The molecule has 1 aromatic rings. The number of carbonyl (C=O) groups excluding carboxylic acids is 1. The van der Waals surface area contributed by atoms with E-state index in [-0.39, 0.29) is 11.5 Å². The Morgan fingerprint density at radius 2 is 2.18 bits per heavy atom. The largest absolute Gasteiger partial charge is 0.462 e. The van der Waals surface area contributed by atoms with Gasteiger partial charge in [0.2, 0.25) is 0 Å². The van der Waals surface area contributed by atoms with E-state index in [4.69, 9.17) is 4.74 Å². The molecule has 17 heavy (non-hydrogen) atoms. The molecule has 0 atom stereocenters. The summed E-state index contributed by atoms with van der Waals surface area (Å²) in [6.45, 7) is 8.37. The number of anilines is 1.